The van der Waals surface area contributed by atoms with Gasteiger partial charge in [-0.1, -0.05) is 11.2 Å². The van der Waals surface area contributed by atoms with Crippen molar-refractivity contribution in [1.82, 2.24) is 25.0 Å². The van der Waals surface area contributed by atoms with Gasteiger partial charge in [-0.3, -0.25) is 4.79 Å². The summed E-state index contributed by atoms with van der Waals surface area (Å²) < 4.78 is 4.98. The van der Waals surface area contributed by atoms with Crippen LogP contribution in [0.25, 0.3) is 0 Å². The second-order valence-electron chi connectivity index (χ2n) is 6.21. The monoisotopic (exact) mass is 365 g/mol. The third kappa shape index (κ3) is 3.86. The number of aromatic nitrogens is 4. The Kier molecular flexibility index (Phi) is 4.65. The van der Waals surface area contributed by atoms with Crippen LogP contribution in [-0.4, -0.2) is 57.1 Å². The summed E-state index contributed by atoms with van der Waals surface area (Å²) in [6.07, 6.45) is 4.83. The molecule has 0 bridgehead atoms. The van der Waals surface area contributed by atoms with Crippen molar-refractivity contribution in [3.05, 3.63) is 54.2 Å². The second kappa shape index (κ2) is 7.40. The molecule has 0 atom stereocenters. The number of carbonyl (C=O) groups is 1. The van der Waals surface area contributed by atoms with E-state index in [-0.39, 0.29) is 5.91 Å². The zero-order chi connectivity index (χ0) is 18.6. The Morgan fingerprint density at radius 3 is 2.52 bits per heavy atom. The summed E-state index contributed by atoms with van der Waals surface area (Å²) >= 11 is 0. The number of carbonyl (C=O) groups excluding carboxylic acids is 1. The lowest BCUT2D eigenvalue weighted by Gasteiger charge is -2.35. The molecule has 27 heavy (non-hydrogen) atoms. The predicted octanol–water partition coefficient (Wildman–Crippen LogP) is 1.87. The smallest absolute Gasteiger partial charge is 0.257 e. The van der Waals surface area contributed by atoms with Gasteiger partial charge in [0.2, 0.25) is 5.95 Å². The van der Waals surface area contributed by atoms with Crippen LogP contribution in [0.1, 0.15) is 16.1 Å². The molecule has 1 aliphatic heterocycles. The average molecular weight is 365 g/mol. The molecule has 1 N–H and O–H groups in total. The molecule has 3 aromatic heterocycles. The van der Waals surface area contributed by atoms with Crippen LogP contribution in [0, 0.1) is 6.92 Å². The largest absolute Gasteiger partial charge is 0.360 e. The molecule has 0 aliphatic carbocycles. The zero-order valence-electron chi connectivity index (χ0n) is 14.9. The lowest BCUT2D eigenvalue weighted by Crippen LogP contribution is -2.49. The van der Waals surface area contributed by atoms with Crippen LogP contribution in [0.2, 0.25) is 0 Å². The van der Waals surface area contributed by atoms with Gasteiger partial charge in [-0.15, -0.1) is 0 Å². The normalized spacial score (nSPS) is 14.3. The van der Waals surface area contributed by atoms with E-state index in [1.54, 1.807) is 19.2 Å². The fourth-order valence-corrected chi connectivity index (χ4v) is 2.90. The van der Waals surface area contributed by atoms with E-state index >= 15 is 0 Å². The SMILES string of the molecule is Cc1cc(Nc2ncc(C(=O)N3CCN(c4ccccn4)CC3)cn2)no1. The lowest BCUT2D eigenvalue weighted by molar-refractivity contribution is 0.0745. The molecule has 0 spiro atoms. The summed E-state index contributed by atoms with van der Waals surface area (Å²) in [4.78, 5) is 29.4. The molecule has 1 fully saturated rings. The zero-order valence-corrected chi connectivity index (χ0v) is 14.9. The maximum atomic E-state index is 12.7. The maximum absolute atomic E-state index is 12.7. The summed E-state index contributed by atoms with van der Waals surface area (Å²) in [6, 6.07) is 7.58. The van der Waals surface area contributed by atoms with Crippen molar-refractivity contribution in [2.75, 3.05) is 36.4 Å². The summed E-state index contributed by atoms with van der Waals surface area (Å²) in [5, 5.41) is 6.75. The minimum absolute atomic E-state index is 0.0699. The molecular formula is C18H19N7O2. The Labute approximate surface area is 156 Å². The number of piperazine rings is 1. The summed E-state index contributed by atoms with van der Waals surface area (Å²) in [6.45, 7) is 4.55. The first kappa shape index (κ1) is 17.0. The van der Waals surface area contributed by atoms with Gasteiger partial charge in [-0.2, -0.15) is 0 Å². The van der Waals surface area contributed by atoms with E-state index < -0.39 is 0 Å². The van der Waals surface area contributed by atoms with E-state index in [2.05, 4.69) is 30.3 Å². The molecule has 0 radical (unpaired) electrons. The van der Waals surface area contributed by atoms with Crippen molar-refractivity contribution in [2.24, 2.45) is 0 Å². The average Bonchev–Trinajstić information content (AvgIpc) is 3.13. The topological polar surface area (TPSA) is 100 Å². The summed E-state index contributed by atoms with van der Waals surface area (Å²) in [7, 11) is 0. The van der Waals surface area contributed by atoms with E-state index in [0.717, 1.165) is 18.9 Å². The minimum Gasteiger partial charge on any atom is -0.360 e. The van der Waals surface area contributed by atoms with Crippen LogP contribution in [0.15, 0.2) is 47.4 Å². The quantitative estimate of drug-likeness (QED) is 0.748. The van der Waals surface area contributed by atoms with Crippen molar-refractivity contribution in [1.29, 1.82) is 0 Å². The Balaban J connectivity index is 1.36. The van der Waals surface area contributed by atoms with Gasteiger partial charge >= 0.3 is 0 Å². The van der Waals surface area contributed by atoms with Crippen molar-refractivity contribution in [3.63, 3.8) is 0 Å². The molecule has 1 saturated heterocycles. The van der Waals surface area contributed by atoms with E-state index in [9.17, 15) is 4.79 Å². The van der Waals surface area contributed by atoms with Gasteiger partial charge < -0.3 is 19.6 Å². The van der Waals surface area contributed by atoms with Crippen LogP contribution in [0.5, 0.6) is 0 Å². The van der Waals surface area contributed by atoms with Crippen LogP contribution in [-0.2, 0) is 0 Å². The fraction of sp³-hybridized carbons (Fsp3) is 0.278. The highest BCUT2D eigenvalue weighted by Crippen LogP contribution is 2.15. The number of amides is 1. The first-order valence-corrected chi connectivity index (χ1v) is 8.67. The Morgan fingerprint density at radius 1 is 1.11 bits per heavy atom. The van der Waals surface area contributed by atoms with Crippen LogP contribution in [0.4, 0.5) is 17.6 Å². The highest BCUT2D eigenvalue weighted by Gasteiger charge is 2.23. The van der Waals surface area contributed by atoms with Gasteiger partial charge in [0.15, 0.2) is 5.82 Å². The van der Waals surface area contributed by atoms with Crippen LogP contribution >= 0.6 is 0 Å². The van der Waals surface area contributed by atoms with Gasteiger partial charge in [-0.25, -0.2) is 15.0 Å². The first-order valence-electron chi connectivity index (χ1n) is 8.67. The molecule has 9 heteroatoms. The predicted molar refractivity (Wildman–Crippen MR) is 98.9 cm³/mol. The molecule has 4 heterocycles. The third-order valence-corrected chi connectivity index (χ3v) is 4.31. The molecule has 1 amide bonds. The van der Waals surface area contributed by atoms with Crippen molar-refractivity contribution < 1.29 is 9.32 Å². The highest BCUT2D eigenvalue weighted by atomic mass is 16.5. The number of nitrogens with one attached hydrogen (secondary N) is 1. The number of hydrogen-bond donors (Lipinski definition) is 1. The Hall–Kier alpha value is -3.49. The van der Waals surface area contributed by atoms with Gasteiger partial charge in [0.05, 0.1) is 5.56 Å². The van der Waals surface area contributed by atoms with E-state index in [4.69, 9.17) is 4.52 Å². The molecule has 3 aromatic rings. The number of rotatable bonds is 4. The van der Waals surface area contributed by atoms with E-state index in [1.807, 2.05) is 23.1 Å². The number of pyridine rings is 1. The van der Waals surface area contributed by atoms with E-state index in [1.165, 1.54) is 12.4 Å². The second-order valence-corrected chi connectivity index (χ2v) is 6.21. The molecule has 1 aliphatic rings. The van der Waals surface area contributed by atoms with E-state index in [0.29, 0.717) is 36.2 Å². The molecule has 0 aromatic carbocycles. The van der Waals surface area contributed by atoms with Crippen molar-refractivity contribution in [3.8, 4) is 0 Å². The molecule has 9 nitrogen and oxygen atoms in total. The molecule has 0 unspecified atom stereocenters. The standard InChI is InChI=1S/C18H19N7O2/c1-13-10-15(23-27-13)22-18-20-11-14(12-21-18)17(26)25-8-6-24(7-9-25)16-4-2-3-5-19-16/h2-5,10-12H,6-9H2,1H3,(H,20,21,22,23). The first-order chi connectivity index (χ1) is 13.2. The van der Waals surface area contributed by atoms with Gasteiger partial charge in [-0.05, 0) is 19.1 Å². The summed E-state index contributed by atoms with van der Waals surface area (Å²) in [5.74, 6) is 2.44. The van der Waals surface area contributed by atoms with Gasteiger partial charge in [0, 0.05) is 50.8 Å². The summed E-state index contributed by atoms with van der Waals surface area (Å²) in [5.41, 5.74) is 0.461. The Morgan fingerprint density at radius 2 is 1.89 bits per heavy atom. The van der Waals surface area contributed by atoms with Crippen molar-refractivity contribution >= 4 is 23.5 Å². The molecule has 0 saturated carbocycles. The Bertz CT molecular complexity index is 903. The van der Waals surface area contributed by atoms with Gasteiger partial charge in [0.25, 0.3) is 5.91 Å². The maximum Gasteiger partial charge on any atom is 0.257 e. The third-order valence-electron chi connectivity index (χ3n) is 4.31. The molecule has 4 rings (SSSR count). The lowest BCUT2D eigenvalue weighted by atomic mass is 10.2. The van der Waals surface area contributed by atoms with Crippen LogP contribution < -0.4 is 10.2 Å². The number of anilines is 3. The molecule has 138 valence electrons. The molecular weight excluding hydrogens is 346 g/mol. The highest BCUT2D eigenvalue weighted by molar-refractivity contribution is 5.93. The fourth-order valence-electron chi connectivity index (χ4n) is 2.90. The van der Waals surface area contributed by atoms with Crippen LogP contribution in [0.3, 0.4) is 0 Å². The minimum atomic E-state index is -0.0699. The van der Waals surface area contributed by atoms with Gasteiger partial charge in [0.1, 0.15) is 11.6 Å². The number of hydrogen-bond acceptors (Lipinski definition) is 8. The number of aryl methyl sites for hydroxylation is 1. The number of nitrogens with zero attached hydrogens (tertiary/aromatic N) is 6. The van der Waals surface area contributed by atoms with Crippen molar-refractivity contribution in [2.45, 2.75) is 6.92 Å².